The summed E-state index contributed by atoms with van der Waals surface area (Å²) >= 11 is 12.6. The highest BCUT2D eigenvalue weighted by Gasteiger charge is 2.16. The van der Waals surface area contributed by atoms with Crippen LogP contribution in [-0.2, 0) is 0 Å². The summed E-state index contributed by atoms with van der Waals surface area (Å²) in [5.41, 5.74) is 0.607. The highest BCUT2D eigenvalue weighted by molar-refractivity contribution is 9.10. The third-order valence-electron chi connectivity index (χ3n) is 2.18. The second-order valence-corrected chi connectivity index (χ2v) is 5.28. The average Bonchev–Trinajstić information content (AvgIpc) is 2.28. The monoisotopic (exact) mass is 367 g/mol. The predicted molar refractivity (Wildman–Crippen MR) is 74.5 cm³/mol. The molecule has 88 valence electrons. The van der Waals surface area contributed by atoms with Gasteiger partial charge in [-0.1, -0.05) is 27.5 Å². The number of carbonyl (C=O) groups excluding carboxylic acids is 1. The van der Waals surface area contributed by atoms with Crippen LogP contribution in [0.1, 0.15) is 17.3 Å². The first-order chi connectivity index (χ1) is 7.60. The summed E-state index contributed by atoms with van der Waals surface area (Å²) in [6.07, 6.45) is 0. The quantitative estimate of drug-likeness (QED) is 0.736. The number of hydrogen-bond donors (Lipinski definition) is 0. The minimum absolute atomic E-state index is 0.00340. The highest BCUT2D eigenvalue weighted by Crippen LogP contribution is 2.22. The Morgan fingerprint density at radius 3 is 2.75 bits per heavy atom. The van der Waals surface area contributed by atoms with Crippen molar-refractivity contribution in [3.8, 4) is 0 Å². The summed E-state index contributed by atoms with van der Waals surface area (Å²) in [5.74, 6) is -0.00340. The number of halogens is 3. The minimum Gasteiger partial charge on any atom is -0.338 e. The van der Waals surface area contributed by atoms with Crippen molar-refractivity contribution >= 4 is 49.4 Å². The van der Waals surface area contributed by atoms with Gasteiger partial charge in [-0.15, -0.1) is 0 Å². The Kier molecular flexibility index (Phi) is 5.79. The van der Waals surface area contributed by atoms with Crippen LogP contribution in [0.2, 0.25) is 5.02 Å². The molecule has 1 rings (SSSR count). The number of alkyl halides is 1. The molecule has 16 heavy (non-hydrogen) atoms. The zero-order chi connectivity index (χ0) is 12.1. The van der Waals surface area contributed by atoms with E-state index in [1.807, 2.05) is 6.92 Å². The lowest BCUT2D eigenvalue weighted by Crippen LogP contribution is -2.32. The lowest BCUT2D eigenvalue weighted by molar-refractivity contribution is 0.0774. The third kappa shape index (κ3) is 3.47. The lowest BCUT2D eigenvalue weighted by Gasteiger charge is -2.20. The van der Waals surface area contributed by atoms with Gasteiger partial charge >= 0.3 is 0 Å². The van der Waals surface area contributed by atoms with Gasteiger partial charge in [0.1, 0.15) is 0 Å². The fourth-order valence-corrected chi connectivity index (χ4v) is 2.35. The van der Waals surface area contributed by atoms with Crippen molar-refractivity contribution in [1.82, 2.24) is 4.90 Å². The summed E-state index contributed by atoms with van der Waals surface area (Å²) in [7, 11) is 0. The normalized spacial score (nSPS) is 10.2. The van der Waals surface area contributed by atoms with Gasteiger partial charge in [0.2, 0.25) is 0 Å². The van der Waals surface area contributed by atoms with Crippen molar-refractivity contribution in [3.63, 3.8) is 0 Å². The molecule has 2 nitrogen and oxygen atoms in total. The Hall–Kier alpha value is -0.0600. The number of amides is 1. The zero-order valence-electron chi connectivity index (χ0n) is 8.84. The van der Waals surface area contributed by atoms with E-state index < -0.39 is 0 Å². The first-order valence-electron chi connectivity index (χ1n) is 4.90. The molecule has 0 unspecified atom stereocenters. The first kappa shape index (κ1) is 14.0. The van der Waals surface area contributed by atoms with Crippen LogP contribution < -0.4 is 0 Å². The Labute approximate surface area is 117 Å². The molecule has 0 heterocycles. The minimum atomic E-state index is -0.00340. The van der Waals surface area contributed by atoms with Gasteiger partial charge in [0.25, 0.3) is 5.91 Å². The molecular formula is C11H12Br2ClNO. The summed E-state index contributed by atoms with van der Waals surface area (Å²) in [4.78, 5) is 13.9. The molecule has 0 N–H and O–H groups in total. The van der Waals surface area contributed by atoms with E-state index in [2.05, 4.69) is 31.9 Å². The smallest absolute Gasteiger partial charge is 0.255 e. The Morgan fingerprint density at radius 1 is 1.50 bits per heavy atom. The molecule has 0 aliphatic rings. The van der Waals surface area contributed by atoms with Crippen molar-refractivity contribution in [2.45, 2.75) is 6.92 Å². The Bertz CT molecular complexity index is 384. The van der Waals surface area contributed by atoms with Gasteiger partial charge in [0, 0.05) is 27.9 Å². The molecule has 1 aromatic rings. The summed E-state index contributed by atoms with van der Waals surface area (Å²) in [5, 5.41) is 1.34. The van der Waals surface area contributed by atoms with Gasteiger partial charge in [0.15, 0.2) is 0 Å². The molecule has 0 aliphatic carbocycles. The van der Waals surface area contributed by atoms with Crippen LogP contribution in [0.15, 0.2) is 22.7 Å². The second-order valence-electron chi connectivity index (χ2n) is 3.20. The second kappa shape index (κ2) is 6.62. The van der Waals surface area contributed by atoms with E-state index in [9.17, 15) is 4.79 Å². The molecule has 0 radical (unpaired) electrons. The van der Waals surface area contributed by atoms with Crippen LogP contribution in [0.3, 0.4) is 0 Å². The van der Waals surface area contributed by atoms with E-state index >= 15 is 0 Å². The molecule has 0 atom stereocenters. The topological polar surface area (TPSA) is 20.3 Å². The number of benzene rings is 1. The van der Waals surface area contributed by atoms with Crippen LogP contribution in [-0.4, -0.2) is 29.2 Å². The van der Waals surface area contributed by atoms with E-state index in [4.69, 9.17) is 11.6 Å². The standard InChI is InChI=1S/C11H12Br2ClNO/c1-2-15(6-5-12)11(16)9-7-8(14)3-4-10(9)13/h3-4,7H,2,5-6H2,1H3. The van der Waals surface area contributed by atoms with Crippen LogP contribution in [0.25, 0.3) is 0 Å². The molecular weight excluding hydrogens is 357 g/mol. The summed E-state index contributed by atoms with van der Waals surface area (Å²) in [6.45, 7) is 3.33. The number of hydrogen-bond acceptors (Lipinski definition) is 1. The van der Waals surface area contributed by atoms with Crippen molar-refractivity contribution in [2.24, 2.45) is 0 Å². The van der Waals surface area contributed by atoms with Gasteiger partial charge in [-0.3, -0.25) is 4.79 Å². The predicted octanol–water partition coefficient (Wildman–Crippen LogP) is 3.96. The maximum atomic E-state index is 12.2. The molecule has 0 aliphatic heterocycles. The molecule has 5 heteroatoms. The number of nitrogens with zero attached hydrogens (tertiary/aromatic N) is 1. The highest BCUT2D eigenvalue weighted by atomic mass is 79.9. The largest absolute Gasteiger partial charge is 0.338 e. The molecule has 0 spiro atoms. The van der Waals surface area contributed by atoms with Crippen LogP contribution in [0.4, 0.5) is 0 Å². The van der Waals surface area contributed by atoms with Gasteiger partial charge in [0.05, 0.1) is 5.56 Å². The van der Waals surface area contributed by atoms with Gasteiger partial charge in [-0.05, 0) is 41.1 Å². The maximum absolute atomic E-state index is 12.2. The summed E-state index contributed by atoms with van der Waals surface area (Å²) < 4.78 is 0.773. The molecule has 0 saturated carbocycles. The van der Waals surface area contributed by atoms with E-state index in [0.29, 0.717) is 23.7 Å². The van der Waals surface area contributed by atoms with Gasteiger partial charge in [-0.25, -0.2) is 0 Å². The zero-order valence-corrected chi connectivity index (χ0v) is 12.8. The third-order valence-corrected chi connectivity index (χ3v) is 3.46. The van der Waals surface area contributed by atoms with Gasteiger partial charge in [-0.2, -0.15) is 0 Å². The van der Waals surface area contributed by atoms with Crippen LogP contribution >= 0.6 is 43.5 Å². The first-order valence-corrected chi connectivity index (χ1v) is 7.19. The molecule has 0 saturated heterocycles. The van der Waals surface area contributed by atoms with E-state index in [-0.39, 0.29) is 5.91 Å². The number of carbonyl (C=O) groups is 1. The van der Waals surface area contributed by atoms with E-state index in [1.54, 1.807) is 23.1 Å². The molecule has 0 aromatic heterocycles. The van der Waals surface area contributed by atoms with Crippen molar-refractivity contribution in [1.29, 1.82) is 0 Å². The lowest BCUT2D eigenvalue weighted by atomic mass is 10.2. The molecule has 1 aromatic carbocycles. The maximum Gasteiger partial charge on any atom is 0.255 e. The van der Waals surface area contributed by atoms with Gasteiger partial charge < -0.3 is 4.90 Å². The molecule has 0 bridgehead atoms. The van der Waals surface area contributed by atoms with Crippen LogP contribution in [0, 0.1) is 0 Å². The fourth-order valence-electron chi connectivity index (χ4n) is 1.34. The fraction of sp³-hybridized carbons (Fsp3) is 0.364. The molecule has 1 amide bonds. The Morgan fingerprint density at radius 2 is 2.19 bits per heavy atom. The SMILES string of the molecule is CCN(CCBr)C(=O)c1cc(Cl)ccc1Br. The van der Waals surface area contributed by atoms with E-state index in [0.717, 1.165) is 9.80 Å². The number of rotatable bonds is 4. The van der Waals surface area contributed by atoms with Crippen molar-refractivity contribution in [3.05, 3.63) is 33.3 Å². The van der Waals surface area contributed by atoms with Crippen LogP contribution in [0.5, 0.6) is 0 Å². The van der Waals surface area contributed by atoms with E-state index in [1.165, 1.54) is 0 Å². The Balaban J connectivity index is 2.98. The van der Waals surface area contributed by atoms with Crippen molar-refractivity contribution in [2.75, 3.05) is 18.4 Å². The molecule has 0 fully saturated rings. The summed E-state index contributed by atoms with van der Waals surface area (Å²) in [6, 6.07) is 5.23. The average molecular weight is 369 g/mol. The van der Waals surface area contributed by atoms with Crippen molar-refractivity contribution < 1.29 is 4.79 Å².